The summed E-state index contributed by atoms with van der Waals surface area (Å²) in [5.74, 6) is 3.87. The van der Waals surface area contributed by atoms with Crippen molar-refractivity contribution in [1.82, 2.24) is 15.0 Å². The molecule has 2 aliphatic heterocycles. The van der Waals surface area contributed by atoms with Crippen molar-refractivity contribution >= 4 is 50.0 Å². The van der Waals surface area contributed by atoms with Crippen LogP contribution in [-0.4, -0.2) is 64.5 Å². The normalized spacial score (nSPS) is 21.3. The van der Waals surface area contributed by atoms with Gasteiger partial charge in [-0.25, -0.2) is 15.0 Å². The maximum atomic E-state index is 12.6. The molecule has 1 aromatic carbocycles. The Balaban J connectivity index is 1.51. The van der Waals surface area contributed by atoms with Gasteiger partial charge in [-0.1, -0.05) is 6.07 Å². The Kier molecular flexibility index (Phi) is 4.77. The minimum absolute atomic E-state index is 0.0920. The predicted molar refractivity (Wildman–Crippen MR) is 130 cm³/mol. The van der Waals surface area contributed by atoms with Crippen molar-refractivity contribution in [3.05, 3.63) is 42.2 Å². The van der Waals surface area contributed by atoms with Crippen molar-refractivity contribution in [2.45, 2.75) is 19.4 Å². The van der Waals surface area contributed by atoms with Gasteiger partial charge in [-0.15, -0.1) is 0 Å². The Bertz CT molecular complexity index is 1180. The van der Waals surface area contributed by atoms with Gasteiger partial charge in [-0.05, 0) is 61.1 Å². The first-order valence-corrected chi connectivity index (χ1v) is 13.3. The van der Waals surface area contributed by atoms with Crippen LogP contribution in [0.5, 0.6) is 0 Å². The summed E-state index contributed by atoms with van der Waals surface area (Å²) in [6.07, 6.45) is 9.45. The highest BCUT2D eigenvalue weighted by Gasteiger charge is 2.38. The molecule has 3 aromatic rings. The number of nitrogens with zero attached hydrogens (tertiary/aromatic N) is 5. The summed E-state index contributed by atoms with van der Waals surface area (Å²) in [6, 6.07) is 8.49. The Labute approximate surface area is 184 Å². The minimum atomic E-state index is -0.595. The standard InChI is InChI=1S/C23H28N6OS/c1-15-10-19-16(6-5-8-24-19)11-18(15)26-23-25-12-20-22(27-23)29(13-21(30)28(20)2)17-7-9-31(3,4)14-17/h5-6,8,10-12,17H,7,9,13-14H2,1-4H3,(H,25,26,27). The van der Waals surface area contributed by atoms with E-state index in [2.05, 4.69) is 51.8 Å². The lowest BCUT2D eigenvalue weighted by atomic mass is 10.1. The average Bonchev–Trinajstić information content (AvgIpc) is 3.10. The second-order valence-corrected chi connectivity index (χ2v) is 13.3. The van der Waals surface area contributed by atoms with Gasteiger partial charge in [-0.3, -0.25) is 9.78 Å². The number of aromatic nitrogens is 3. The molecule has 5 rings (SSSR count). The first-order chi connectivity index (χ1) is 14.8. The SMILES string of the molecule is Cc1cc2ncccc2cc1Nc1ncc2c(n1)N(C1CCS(C)(C)C1)CC(=O)N2C. The third kappa shape index (κ3) is 3.69. The fourth-order valence-electron chi connectivity index (χ4n) is 4.51. The number of benzene rings is 1. The largest absolute Gasteiger partial charge is 0.342 e. The molecular formula is C23H28N6OS. The van der Waals surface area contributed by atoms with Crippen molar-refractivity contribution in [2.24, 2.45) is 0 Å². The number of likely N-dealkylation sites (N-methyl/N-ethyl adjacent to an activating group) is 1. The molecule has 0 saturated carbocycles. The quantitative estimate of drug-likeness (QED) is 0.675. The third-order valence-corrected chi connectivity index (χ3v) is 8.97. The predicted octanol–water partition coefficient (Wildman–Crippen LogP) is 3.70. The molecule has 8 heteroatoms. The van der Waals surface area contributed by atoms with Gasteiger partial charge in [0.15, 0.2) is 5.82 Å². The Morgan fingerprint density at radius 3 is 2.84 bits per heavy atom. The van der Waals surface area contributed by atoms with Gasteiger partial charge >= 0.3 is 0 Å². The summed E-state index contributed by atoms with van der Waals surface area (Å²) in [5.41, 5.74) is 3.78. The monoisotopic (exact) mass is 436 g/mol. The minimum Gasteiger partial charge on any atom is -0.342 e. The van der Waals surface area contributed by atoms with Crippen LogP contribution in [0.4, 0.5) is 23.1 Å². The van der Waals surface area contributed by atoms with Crippen LogP contribution in [0.2, 0.25) is 0 Å². The lowest BCUT2D eigenvalue weighted by Gasteiger charge is -2.38. The highest BCUT2D eigenvalue weighted by molar-refractivity contribution is 8.32. The van der Waals surface area contributed by atoms with E-state index < -0.39 is 10.0 Å². The molecule has 4 heterocycles. The summed E-state index contributed by atoms with van der Waals surface area (Å²) in [5, 5.41) is 4.46. The third-order valence-electron chi connectivity index (χ3n) is 6.35. The van der Waals surface area contributed by atoms with Crippen molar-refractivity contribution in [2.75, 3.05) is 52.7 Å². The van der Waals surface area contributed by atoms with E-state index in [0.717, 1.165) is 45.8 Å². The molecule has 2 aromatic heterocycles. The molecule has 0 bridgehead atoms. The maximum Gasteiger partial charge on any atom is 0.246 e. The topological polar surface area (TPSA) is 74.2 Å². The number of aryl methyl sites for hydroxylation is 1. The van der Waals surface area contributed by atoms with Crippen molar-refractivity contribution in [1.29, 1.82) is 0 Å². The lowest BCUT2D eigenvalue weighted by molar-refractivity contribution is -0.117. The molecular weight excluding hydrogens is 408 g/mol. The molecule has 0 aliphatic carbocycles. The number of amides is 1. The molecule has 162 valence electrons. The van der Waals surface area contributed by atoms with Gasteiger partial charge in [0.25, 0.3) is 0 Å². The number of nitrogens with one attached hydrogen (secondary N) is 1. The molecule has 31 heavy (non-hydrogen) atoms. The fraction of sp³-hybridized carbons (Fsp3) is 0.391. The Morgan fingerprint density at radius 1 is 1.23 bits per heavy atom. The van der Waals surface area contributed by atoms with Crippen LogP contribution >= 0.6 is 10.0 Å². The van der Waals surface area contributed by atoms with Crippen LogP contribution in [0.1, 0.15) is 12.0 Å². The maximum absolute atomic E-state index is 12.6. The molecule has 7 nitrogen and oxygen atoms in total. The highest BCUT2D eigenvalue weighted by Crippen LogP contribution is 2.49. The Hall–Kier alpha value is -2.87. The van der Waals surface area contributed by atoms with Gasteiger partial charge in [0.2, 0.25) is 11.9 Å². The number of pyridine rings is 1. The van der Waals surface area contributed by atoms with Crippen molar-refractivity contribution in [3.8, 4) is 0 Å². The molecule has 2 aliphatic rings. The van der Waals surface area contributed by atoms with Crippen LogP contribution in [0, 0.1) is 6.92 Å². The number of fused-ring (bicyclic) bond motifs is 2. The van der Waals surface area contributed by atoms with E-state index in [1.54, 1.807) is 24.3 Å². The summed E-state index contributed by atoms with van der Waals surface area (Å²) < 4.78 is 0. The van der Waals surface area contributed by atoms with E-state index in [4.69, 9.17) is 4.98 Å². The zero-order chi connectivity index (χ0) is 21.8. The molecule has 1 fully saturated rings. The summed E-state index contributed by atoms with van der Waals surface area (Å²) in [6.45, 7) is 2.43. The van der Waals surface area contributed by atoms with E-state index in [1.807, 2.05) is 12.1 Å². The number of carbonyl (C=O) groups excluding carboxylic acids is 1. The number of hydrogen-bond donors (Lipinski definition) is 1. The first-order valence-electron chi connectivity index (χ1n) is 10.5. The summed E-state index contributed by atoms with van der Waals surface area (Å²) >= 11 is 0. The van der Waals surface area contributed by atoms with Gasteiger partial charge < -0.3 is 15.1 Å². The number of hydrogen-bond acceptors (Lipinski definition) is 6. The number of anilines is 4. The van der Waals surface area contributed by atoms with Crippen molar-refractivity contribution < 1.29 is 4.79 Å². The molecule has 0 radical (unpaired) electrons. The fourth-order valence-corrected chi connectivity index (χ4v) is 6.97. The van der Waals surface area contributed by atoms with Crippen LogP contribution in [-0.2, 0) is 4.79 Å². The molecule has 1 unspecified atom stereocenters. The zero-order valence-electron chi connectivity index (χ0n) is 18.4. The molecule has 0 spiro atoms. The van der Waals surface area contributed by atoms with E-state index >= 15 is 0 Å². The zero-order valence-corrected chi connectivity index (χ0v) is 19.2. The Morgan fingerprint density at radius 2 is 2.06 bits per heavy atom. The average molecular weight is 437 g/mol. The van der Waals surface area contributed by atoms with E-state index in [9.17, 15) is 4.79 Å². The summed E-state index contributed by atoms with van der Waals surface area (Å²) in [7, 11) is 1.21. The van der Waals surface area contributed by atoms with Crippen LogP contribution < -0.4 is 15.1 Å². The number of carbonyl (C=O) groups is 1. The van der Waals surface area contributed by atoms with E-state index in [-0.39, 0.29) is 5.91 Å². The van der Waals surface area contributed by atoms with E-state index in [1.165, 1.54) is 5.75 Å². The van der Waals surface area contributed by atoms with Crippen molar-refractivity contribution in [3.63, 3.8) is 0 Å². The summed E-state index contributed by atoms with van der Waals surface area (Å²) in [4.78, 5) is 30.4. The lowest BCUT2D eigenvalue weighted by Crippen LogP contribution is -2.49. The molecule has 1 amide bonds. The van der Waals surface area contributed by atoms with Crippen LogP contribution in [0.25, 0.3) is 10.9 Å². The van der Waals surface area contributed by atoms with Crippen LogP contribution in [0.3, 0.4) is 0 Å². The van der Waals surface area contributed by atoms with Crippen LogP contribution in [0.15, 0.2) is 36.7 Å². The second kappa shape index (κ2) is 7.37. The second-order valence-electron chi connectivity index (χ2n) is 9.05. The smallest absolute Gasteiger partial charge is 0.246 e. The van der Waals surface area contributed by atoms with E-state index in [0.29, 0.717) is 18.5 Å². The highest BCUT2D eigenvalue weighted by atomic mass is 32.3. The van der Waals surface area contributed by atoms with Gasteiger partial charge in [0.1, 0.15) is 5.69 Å². The first kappa shape index (κ1) is 20.1. The van der Waals surface area contributed by atoms with Gasteiger partial charge in [-0.2, -0.15) is 4.98 Å². The number of rotatable bonds is 3. The van der Waals surface area contributed by atoms with Gasteiger partial charge in [0.05, 0.1) is 18.3 Å². The molecule has 1 saturated heterocycles. The molecule has 1 N–H and O–H groups in total. The molecule has 1 atom stereocenters. The van der Waals surface area contributed by atoms with Gasteiger partial charge in [0, 0.05) is 30.4 Å².